The smallest absolute Gasteiger partial charge is 0.0273 e. The van der Waals surface area contributed by atoms with Gasteiger partial charge in [0.1, 0.15) is 0 Å². The van der Waals surface area contributed by atoms with Gasteiger partial charge in [0.2, 0.25) is 0 Å². The average Bonchev–Trinajstić information content (AvgIpc) is 2.03. The molecule has 0 saturated carbocycles. The summed E-state index contributed by atoms with van der Waals surface area (Å²) >= 11 is 0. The standard InChI is InChI=1S/C10H20/c1-3-5-7-9-10-8-6-4-2/h3,5H,4,6-10H2,1-2H3/i1D. The zero-order valence-corrected chi connectivity index (χ0v) is 7.10. The molecule has 0 fully saturated rings. The van der Waals surface area contributed by atoms with Crippen molar-refractivity contribution in [3.63, 3.8) is 0 Å². The molecular weight excluding hydrogens is 120 g/mol. The van der Waals surface area contributed by atoms with Gasteiger partial charge < -0.3 is 0 Å². The summed E-state index contributed by atoms with van der Waals surface area (Å²) in [6.07, 6.45) is 12.0. The normalized spacial score (nSPS) is 12.3. The molecule has 0 aromatic heterocycles. The number of hydrogen-bond donors (Lipinski definition) is 0. The van der Waals surface area contributed by atoms with E-state index < -0.39 is 0 Å². The van der Waals surface area contributed by atoms with Gasteiger partial charge in [-0.05, 0) is 19.7 Å². The number of allylic oxidation sites excluding steroid dienone is 2. The van der Waals surface area contributed by atoms with E-state index in [2.05, 4.69) is 13.0 Å². The quantitative estimate of drug-likeness (QED) is 0.388. The molecule has 0 saturated heterocycles. The van der Waals surface area contributed by atoms with Gasteiger partial charge in [-0.1, -0.05) is 44.8 Å². The molecular formula is C10H20. The van der Waals surface area contributed by atoms with Crippen LogP contribution in [0, 0.1) is 0 Å². The molecule has 0 bridgehead atoms. The molecule has 0 heteroatoms. The van der Waals surface area contributed by atoms with Crippen LogP contribution in [0.4, 0.5) is 0 Å². The Morgan fingerprint density at radius 1 is 1.20 bits per heavy atom. The van der Waals surface area contributed by atoms with E-state index in [1.54, 1.807) is 0 Å². The van der Waals surface area contributed by atoms with Gasteiger partial charge in [-0.15, -0.1) is 0 Å². The second-order valence-corrected chi connectivity index (χ2v) is 2.67. The molecule has 60 valence electrons. The van der Waals surface area contributed by atoms with Crippen molar-refractivity contribution in [2.45, 2.75) is 52.3 Å². The molecule has 0 aliphatic rings. The van der Waals surface area contributed by atoms with Crippen LogP contribution in [0.2, 0.25) is 0 Å². The number of unbranched alkanes of at least 4 members (excludes halogenated alkanes) is 5. The first-order valence-electron chi connectivity index (χ1n) is 5.06. The molecule has 0 aliphatic carbocycles. The molecule has 0 nitrogen and oxygen atoms in total. The van der Waals surface area contributed by atoms with Crippen molar-refractivity contribution >= 4 is 0 Å². The second-order valence-electron chi connectivity index (χ2n) is 2.67. The lowest BCUT2D eigenvalue weighted by molar-refractivity contribution is 0.637. The SMILES string of the molecule is [2H]CC=CCCCCCCC. The van der Waals surface area contributed by atoms with Gasteiger partial charge in [0.05, 0.1) is 0 Å². The Bertz CT molecular complexity index is 86.9. The van der Waals surface area contributed by atoms with Gasteiger partial charge in [-0.25, -0.2) is 0 Å². The molecule has 0 unspecified atom stereocenters. The van der Waals surface area contributed by atoms with Gasteiger partial charge in [0.25, 0.3) is 0 Å². The molecule has 0 radical (unpaired) electrons. The first-order chi connectivity index (χ1) is 5.41. The van der Waals surface area contributed by atoms with E-state index in [-0.39, 0.29) is 0 Å². The van der Waals surface area contributed by atoms with Crippen LogP contribution in [0.3, 0.4) is 0 Å². The van der Waals surface area contributed by atoms with E-state index in [9.17, 15) is 0 Å². The van der Waals surface area contributed by atoms with Crippen LogP contribution in [-0.4, -0.2) is 0 Å². The Hall–Kier alpha value is -0.260. The molecule has 0 atom stereocenters. The fourth-order valence-electron chi connectivity index (χ4n) is 0.984. The summed E-state index contributed by atoms with van der Waals surface area (Å²) < 4.78 is 6.86. The molecule has 0 aromatic rings. The topological polar surface area (TPSA) is 0 Å². The van der Waals surface area contributed by atoms with Gasteiger partial charge in [-0.3, -0.25) is 0 Å². The van der Waals surface area contributed by atoms with E-state index in [0.29, 0.717) is 6.90 Å². The maximum absolute atomic E-state index is 6.86. The zero-order chi connectivity index (χ0) is 8.36. The van der Waals surface area contributed by atoms with Crippen molar-refractivity contribution in [1.29, 1.82) is 0 Å². The maximum Gasteiger partial charge on any atom is 0.0273 e. The van der Waals surface area contributed by atoms with E-state index in [0.717, 1.165) is 0 Å². The molecule has 0 aromatic carbocycles. The van der Waals surface area contributed by atoms with E-state index in [4.69, 9.17) is 1.37 Å². The van der Waals surface area contributed by atoms with E-state index in [1.807, 2.05) is 6.08 Å². The van der Waals surface area contributed by atoms with E-state index in [1.165, 1.54) is 38.5 Å². The summed E-state index contributed by atoms with van der Waals surface area (Å²) in [6.45, 7) is 2.68. The third kappa shape index (κ3) is 7.74. The minimum absolute atomic E-state index is 0.439. The summed E-state index contributed by atoms with van der Waals surface area (Å²) in [7, 11) is 0. The lowest BCUT2D eigenvalue weighted by atomic mass is 10.1. The van der Waals surface area contributed by atoms with Crippen molar-refractivity contribution in [2.24, 2.45) is 0 Å². The Labute approximate surface area is 66.7 Å². The monoisotopic (exact) mass is 141 g/mol. The minimum atomic E-state index is 0.439. The van der Waals surface area contributed by atoms with E-state index >= 15 is 0 Å². The first kappa shape index (κ1) is 7.84. The van der Waals surface area contributed by atoms with Gasteiger partial charge >= 0.3 is 0 Å². The Morgan fingerprint density at radius 2 is 2.00 bits per heavy atom. The molecule has 10 heavy (non-hydrogen) atoms. The van der Waals surface area contributed by atoms with Crippen molar-refractivity contribution in [1.82, 2.24) is 0 Å². The summed E-state index contributed by atoms with van der Waals surface area (Å²) in [5.74, 6) is 0. The highest BCUT2D eigenvalue weighted by Gasteiger charge is 1.84. The van der Waals surface area contributed by atoms with Crippen molar-refractivity contribution < 1.29 is 1.37 Å². The molecule has 0 heterocycles. The fourth-order valence-corrected chi connectivity index (χ4v) is 0.984. The Kier molecular flexibility index (Phi) is 6.85. The van der Waals surface area contributed by atoms with Gasteiger partial charge in [0, 0.05) is 1.37 Å². The van der Waals surface area contributed by atoms with Gasteiger partial charge in [-0.2, -0.15) is 0 Å². The summed E-state index contributed by atoms with van der Waals surface area (Å²) in [6, 6.07) is 0. The van der Waals surface area contributed by atoms with Crippen molar-refractivity contribution in [2.75, 3.05) is 0 Å². The maximum atomic E-state index is 6.86. The third-order valence-corrected chi connectivity index (χ3v) is 1.64. The predicted molar refractivity (Wildman–Crippen MR) is 48.2 cm³/mol. The zero-order valence-electron chi connectivity index (χ0n) is 8.10. The van der Waals surface area contributed by atoms with Crippen LogP contribution in [-0.2, 0) is 0 Å². The molecule has 0 N–H and O–H groups in total. The third-order valence-electron chi connectivity index (χ3n) is 1.64. The predicted octanol–water partition coefficient (Wildman–Crippen LogP) is 3.92. The summed E-state index contributed by atoms with van der Waals surface area (Å²) in [5.41, 5.74) is 0. The van der Waals surface area contributed by atoms with Crippen LogP contribution >= 0.6 is 0 Å². The number of hydrogen-bond acceptors (Lipinski definition) is 0. The molecule has 0 aliphatic heterocycles. The highest BCUT2D eigenvalue weighted by molar-refractivity contribution is 4.76. The van der Waals surface area contributed by atoms with Crippen molar-refractivity contribution in [3.8, 4) is 0 Å². The summed E-state index contributed by atoms with van der Waals surface area (Å²) in [4.78, 5) is 0. The Morgan fingerprint density at radius 3 is 2.70 bits per heavy atom. The second kappa shape index (κ2) is 8.74. The highest BCUT2D eigenvalue weighted by Crippen LogP contribution is 2.04. The van der Waals surface area contributed by atoms with Crippen molar-refractivity contribution in [3.05, 3.63) is 12.2 Å². The molecule has 0 rings (SSSR count). The van der Waals surface area contributed by atoms with Gasteiger partial charge in [0.15, 0.2) is 0 Å². The average molecular weight is 141 g/mol. The largest absolute Gasteiger partial charge is 0.0917 e. The molecule has 0 spiro atoms. The van der Waals surface area contributed by atoms with Crippen LogP contribution in [0.1, 0.15) is 53.7 Å². The van der Waals surface area contributed by atoms with Crippen LogP contribution < -0.4 is 0 Å². The lowest BCUT2D eigenvalue weighted by Crippen LogP contribution is -1.75. The Balaban J connectivity index is 2.85. The fraction of sp³-hybridized carbons (Fsp3) is 0.800. The highest BCUT2D eigenvalue weighted by atomic mass is 13.9. The van der Waals surface area contributed by atoms with Crippen LogP contribution in [0.5, 0.6) is 0 Å². The number of rotatable bonds is 6. The van der Waals surface area contributed by atoms with Crippen LogP contribution in [0.15, 0.2) is 12.2 Å². The summed E-state index contributed by atoms with van der Waals surface area (Å²) in [5, 5.41) is 0. The van der Waals surface area contributed by atoms with Crippen LogP contribution in [0.25, 0.3) is 0 Å². The first-order valence-corrected chi connectivity index (χ1v) is 4.36. The minimum Gasteiger partial charge on any atom is -0.0917 e. The molecule has 0 amide bonds. The lowest BCUT2D eigenvalue weighted by Gasteiger charge is -1.95.